The Morgan fingerprint density at radius 2 is 1.93 bits per heavy atom. The number of benzene rings is 1. The van der Waals surface area contributed by atoms with Gasteiger partial charge in [-0.05, 0) is 18.1 Å². The summed E-state index contributed by atoms with van der Waals surface area (Å²) in [5, 5.41) is 3.36. The number of alkyl halides is 1. The van der Waals surface area contributed by atoms with E-state index in [1.165, 1.54) is 0 Å². The Hall–Kier alpha value is -1.09. The third kappa shape index (κ3) is 1.84. The van der Waals surface area contributed by atoms with Crippen LogP contribution in [0.3, 0.4) is 0 Å². The summed E-state index contributed by atoms with van der Waals surface area (Å²) in [6, 6.07) is 3.88. The van der Waals surface area contributed by atoms with Gasteiger partial charge >= 0.3 is 0 Å². The minimum Gasteiger partial charge on any atom is -0.493 e. The molecular formula is C11H14ClNO2. The first-order valence-electron chi connectivity index (χ1n) is 4.90. The van der Waals surface area contributed by atoms with Crippen molar-refractivity contribution in [3.8, 4) is 11.5 Å². The summed E-state index contributed by atoms with van der Waals surface area (Å²) in [4.78, 5) is 0. The predicted molar refractivity (Wildman–Crippen MR) is 61.2 cm³/mol. The van der Waals surface area contributed by atoms with Gasteiger partial charge in [-0.2, -0.15) is 0 Å². The van der Waals surface area contributed by atoms with E-state index >= 15 is 0 Å². The molecule has 1 atom stereocenters. The van der Waals surface area contributed by atoms with Gasteiger partial charge in [0.1, 0.15) is 0 Å². The van der Waals surface area contributed by atoms with Crippen molar-refractivity contribution in [3.63, 3.8) is 0 Å². The largest absolute Gasteiger partial charge is 0.493 e. The lowest BCUT2D eigenvalue weighted by molar-refractivity contribution is 0.354. The van der Waals surface area contributed by atoms with Crippen molar-refractivity contribution < 1.29 is 9.47 Å². The van der Waals surface area contributed by atoms with Crippen molar-refractivity contribution in [1.82, 2.24) is 0 Å². The Bertz CT molecular complexity index is 368. The monoisotopic (exact) mass is 227 g/mol. The number of hydrogen-bond acceptors (Lipinski definition) is 3. The standard InChI is InChI=1S/C11H14ClNO2/c1-14-10-5-7-8(12)3-4-13-9(7)6-11(10)15-2/h5-6,8,13H,3-4H2,1-2H3. The Balaban J connectivity index is 2.48. The highest BCUT2D eigenvalue weighted by Gasteiger charge is 2.20. The van der Waals surface area contributed by atoms with Crippen molar-refractivity contribution in [2.24, 2.45) is 0 Å². The van der Waals surface area contributed by atoms with Crippen molar-refractivity contribution >= 4 is 17.3 Å². The first-order valence-corrected chi connectivity index (χ1v) is 5.33. The van der Waals surface area contributed by atoms with Crippen LogP contribution in [0.5, 0.6) is 11.5 Å². The molecule has 0 aromatic heterocycles. The Kier molecular flexibility index (Phi) is 2.91. The molecule has 0 radical (unpaired) electrons. The number of anilines is 1. The van der Waals surface area contributed by atoms with Gasteiger partial charge in [-0.1, -0.05) is 0 Å². The summed E-state index contributed by atoms with van der Waals surface area (Å²) in [6.07, 6.45) is 0.935. The van der Waals surface area contributed by atoms with E-state index in [1.807, 2.05) is 12.1 Å². The van der Waals surface area contributed by atoms with Crippen LogP contribution in [0, 0.1) is 0 Å². The molecule has 0 aliphatic carbocycles. The molecule has 1 aliphatic rings. The summed E-state index contributed by atoms with van der Waals surface area (Å²) in [5.41, 5.74) is 2.12. The average molecular weight is 228 g/mol. The van der Waals surface area contributed by atoms with Gasteiger partial charge in [-0.25, -0.2) is 0 Å². The SMILES string of the molecule is COc1cc2c(cc1OC)C(Cl)CCN2. The van der Waals surface area contributed by atoms with Crippen molar-refractivity contribution in [2.45, 2.75) is 11.8 Å². The maximum atomic E-state index is 6.24. The molecule has 4 heteroatoms. The molecule has 3 nitrogen and oxygen atoms in total. The molecule has 1 aromatic rings. The number of rotatable bonds is 2. The van der Waals surface area contributed by atoms with Crippen molar-refractivity contribution in [1.29, 1.82) is 0 Å². The van der Waals surface area contributed by atoms with Gasteiger partial charge in [-0.3, -0.25) is 0 Å². The zero-order chi connectivity index (χ0) is 10.8. The second-order valence-electron chi connectivity index (χ2n) is 3.48. The molecule has 0 amide bonds. The topological polar surface area (TPSA) is 30.5 Å². The molecule has 1 unspecified atom stereocenters. The van der Waals surface area contributed by atoms with Gasteiger partial charge in [0.25, 0.3) is 0 Å². The van der Waals surface area contributed by atoms with Crippen LogP contribution in [0.4, 0.5) is 5.69 Å². The number of halogens is 1. The highest BCUT2D eigenvalue weighted by atomic mass is 35.5. The van der Waals surface area contributed by atoms with Crippen LogP contribution in [0.2, 0.25) is 0 Å². The number of nitrogens with one attached hydrogen (secondary N) is 1. The van der Waals surface area contributed by atoms with Gasteiger partial charge in [0.15, 0.2) is 11.5 Å². The van der Waals surface area contributed by atoms with Crippen LogP contribution in [0.1, 0.15) is 17.4 Å². The number of hydrogen-bond donors (Lipinski definition) is 1. The number of fused-ring (bicyclic) bond motifs is 1. The van der Waals surface area contributed by atoms with E-state index in [0.717, 1.165) is 35.7 Å². The van der Waals surface area contributed by atoms with Gasteiger partial charge in [0, 0.05) is 18.3 Å². The molecule has 0 spiro atoms. The molecule has 15 heavy (non-hydrogen) atoms. The van der Waals surface area contributed by atoms with Gasteiger partial charge < -0.3 is 14.8 Å². The van der Waals surface area contributed by atoms with E-state index < -0.39 is 0 Å². The Morgan fingerprint density at radius 1 is 1.27 bits per heavy atom. The fourth-order valence-electron chi connectivity index (χ4n) is 1.80. The van der Waals surface area contributed by atoms with Crippen LogP contribution in [0.15, 0.2) is 12.1 Å². The van der Waals surface area contributed by atoms with E-state index in [2.05, 4.69) is 5.32 Å². The summed E-state index contributed by atoms with van der Waals surface area (Å²) in [6.45, 7) is 0.899. The van der Waals surface area contributed by atoms with E-state index in [1.54, 1.807) is 14.2 Å². The highest BCUT2D eigenvalue weighted by molar-refractivity contribution is 6.21. The number of methoxy groups -OCH3 is 2. The lowest BCUT2D eigenvalue weighted by atomic mass is 10.0. The maximum absolute atomic E-state index is 6.24. The normalized spacial score (nSPS) is 19.0. The molecular weight excluding hydrogens is 214 g/mol. The van der Waals surface area contributed by atoms with Gasteiger partial charge in [0.2, 0.25) is 0 Å². The quantitative estimate of drug-likeness (QED) is 0.789. The Labute approximate surface area is 94.3 Å². The summed E-state index contributed by atoms with van der Waals surface area (Å²) in [5.74, 6) is 1.46. The first kappa shape index (κ1) is 10.4. The zero-order valence-corrected chi connectivity index (χ0v) is 9.60. The first-order chi connectivity index (χ1) is 7.26. The van der Waals surface area contributed by atoms with Crippen LogP contribution < -0.4 is 14.8 Å². The minimum atomic E-state index is 0.0565. The molecule has 0 saturated heterocycles. The highest BCUT2D eigenvalue weighted by Crippen LogP contribution is 2.41. The second-order valence-corrected chi connectivity index (χ2v) is 4.00. The minimum absolute atomic E-state index is 0.0565. The molecule has 0 bridgehead atoms. The van der Waals surface area contributed by atoms with E-state index in [0.29, 0.717) is 0 Å². The van der Waals surface area contributed by atoms with E-state index in [-0.39, 0.29) is 5.38 Å². The maximum Gasteiger partial charge on any atom is 0.162 e. The molecule has 1 aliphatic heterocycles. The molecule has 0 saturated carbocycles. The molecule has 1 N–H and O–H groups in total. The summed E-state index contributed by atoms with van der Waals surface area (Å²) >= 11 is 6.24. The van der Waals surface area contributed by atoms with Gasteiger partial charge in [0.05, 0.1) is 19.6 Å². The zero-order valence-electron chi connectivity index (χ0n) is 8.84. The lowest BCUT2D eigenvalue weighted by Crippen LogP contribution is -2.14. The predicted octanol–water partition coefficient (Wildman–Crippen LogP) is 2.80. The third-order valence-electron chi connectivity index (χ3n) is 2.61. The van der Waals surface area contributed by atoms with Crippen molar-refractivity contribution in [2.75, 3.05) is 26.1 Å². The second kappa shape index (κ2) is 4.19. The number of ether oxygens (including phenoxy) is 2. The molecule has 0 fully saturated rings. The third-order valence-corrected chi connectivity index (χ3v) is 3.06. The molecule has 82 valence electrons. The van der Waals surface area contributed by atoms with Crippen LogP contribution in [-0.2, 0) is 0 Å². The van der Waals surface area contributed by atoms with Crippen LogP contribution in [-0.4, -0.2) is 20.8 Å². The van der Waals surface area contributed by atoms with Crippen molar-refractivity contribution in [3.05, 3.63) is 17.7 Å². The molecule has 1 aromatic carbocycles. The molecule has 1 heterocycles. The fourth-order valence-corrected chi connectivity index (χ4v) is 2.09. The summed E-state index contributed by atoms with van der Waals surface area (Å²) < 4.78 is 10.5. The van der Waals surface area contributed by atoms with Crippen LogP contribution in [0.25, 0.3) is 0 Å². The van der Waals surface area contributed by atoms with E-state index in [4.69, 9.17) is 21.1 Å². The lowest BCUT2D eigenvalue weighted by Gasteiger charge is -2.24. The smallest absolute Gasteiger partial charge is 0.162 e. The Morgan fingerprint density at radius 3 is 2.60 bits per heavy atom. The van der Waals surface area contributed by atoms with Gasteiger partial charge in [-0.15, -0.1) is 11.6 Å². The fraction of sp³-hybridized carbons (Fsp3) is 0.455. The van der Waals surface area contributed by atoms with Crippen LogP contribution >= 0.6 is 11.6 Å². The average Bonchev–Trinajstić information content (AvgIpc) is 2.28. The van der Waals surface area contributed by atoms with E-state index in [9.17, 15) is 0 Å². The molecule has 2 rings (SSSR count). The summed E-state index contributed by atoms with van der Waals surface area (Å²) in [7, 11) is 3.26.